The highest BCUT2D eigenvalue weighted by Crippen LogP contribution is 2.30. The Balaban J connectivity index is 1.89. The number of imidazole rings is 1. The number of benzene rings is 1. The number of amides is 1. The number of aliphatic carboxylic acids is 1. The number of H-pyrrole nitrogens is 1. The molecule has 0 bridgehead atoms. The Morgan fingerprint density at radius 2 is 2.00 bits per heavy atom. The van der Waals surface area contributed by atoms with E-state index in [9.17, 15) is 14.4 Å². The van der Waals surface area contributed by atoms with Gasteiger partial charge in [-0.2, -0.15) is 0 Å². The van der Waals surface area contributed by atoms with Crippen LogP contribution in [0, 0.1) is 5.92 Å². The van der Waals surface area contributed by atoms with Gasteiger partial charge in [-0.25, -0.2) is 4.79 Å². The van der Waals surface area contributed by atoms with Crippen LogP contribution in [0.4, 0.5) is 0 Å². The van der Waals surface area contributed by atoms with E-state index in [2.05, 4.69) is 4.98 Å². The number of nitrogens with one attached hydrogen (secondary N) is 1. The van der Waals surface area contributed by atoms with Crippen molar-refractivity contribution in [1.82, 2.24) is 14.5 Å². The van der Waals surface area contributed by atoms with Crippen LogP contribution in [-0.4, -0.2) is 44.5 Å². The number of hydrogen-bond acceptors (Lipinski definition) is 3. The molecule has 0 unspecified atom stereocenters. The first kappa shape index (κ1) is 19.2. The second-order valence-corrected chi connectivity index (χ2v) is 7.76. The monoisotopic (exact) mass is 373 g/mol. The number of rotatable bonds is 7. The standard InChI is InChI=1S/C20H27N3O4/c1-13(2)12-22(10-9-18(24)25)19(26)14-7-8-17-16(11-14)21-20(27)23(17)15-5-3-4-6-15/h7-8,11,13,15H,3-6,9-10,12H2,1-2H3,(H,21,27)(H,24,25). The molecular weight excluding hydrogens is 346 g/mol. The van der Waals surface area contributed by atoms with Crippen LogP contribution in [0.1, 0.15) is 62.4 Å². The van der Waals surface area contributed by atoms with Gasteiger partial charge in [-0.3, -0.25) is 14.2 Å². The molecule has 7 heteroatoms. The molecule has 1 saturated carbocycles. The summed E-state index contributed by atoms with van der Waals surface area (Å²) in [5.41, 5.74) is 1.81. The molecule has 7 nitrogen and oxygen atoms in total. The van der Waals surface area contributed by atoms with Crippen molar-refractivity contribution in [3.63, 3.8) is 0 Å². The molecule has 1 aliphatic carbocycles. The Morgan fingerprint density at radius 1 is 1.30 bits per heavy atom. The minimum Gasteiger partial charge on any atom is -0.481 e. The van der Waals surface area contributed by atoms with Gasteiger partial charge in [0.1, 0.15) is 0 Å². The van der Waals surface area contributed by atoms with Crippen LogP contribution in [0.15, 0.2) is 23.0 Å². The first-order chi connectivity index (χ1) is 12.9. The highest BCUT2D eigenvalue weighted by molar-refractivity contribution is 5.97. The normalized spacial score (nSPS) is 14.9. The third kappa shape index (κ3) is 4.23. The molecule has 1 fully saturated rings. The van der Waals surface area contributed by atoms with E-state index >= 15 is 0 Å². The molecular formula is C20H27N3O4. The third-order valence-electron chi connectivity index (χ3n) is 5.12. The lowest BCUT2D eigenvalue weighted by Gasteiger charge is -2.24. The fraction of sp³-hybridized carbons (Fsp3) is 0.550. The number of aromatic amines is 1. The predicted octanol–water partition coefficient (Wildman–Crippen LogP) is 3.02. The van der Waals surface area contributed by atoms with E-state index in [1.54, 1.807) is 17.0 Å². The van der Waals surface area contributed by atoms with Crippen LogP contribution in [0.3, 0.4) is 0 Å². The predicted molar refractivity (Wildman–Crippen MR) is 103 cm³/mol. The zero-order valence-electron chi connectivity index (χ0n) is 15.9. The molecule has 27 heavy (non-hydrogen) atoms. The molecule has 0 aliphatic heterocycles. The second kappa shape index (κ2) is 7.98. The minimum atomic E-state index is -0.926. The van der Waals surface area contributed by atoms with E-state index in [0.717, 1.165) is 31.2 Å². The van der Waals surface area contributed by atoms with Crippen molar-refractivity contribution in [3.8, 4) is 0 Å². The zero-order valence-corrected chi connectivity index (χ0v) is 15.9. The smallest absolute Gasteiger partial charge is 0.326 e. The van der Waals surface area contributed by atoms with Crippen molar-refractivity contribution >= 4 is 22.9 Å². The fourth-order valence-corrected chi connectivity index (χ4v) is 3.92. The second-order valence-electron chi connectivity index (χ2n) is 7.76. The average Bonchev–Trinajstić information content (AvgIpc) is 3.23. The van der Waals surface area contributed by atoms with Crippen LogP contribution in [-0.2, 0) is 4.79 Å². The Hall–Kier alpha value is -2.57. The SMILES string of the molecule is CC(C)CN(CCC(=O)O)C(=O)c1ccc2c(c1)[nH]c(=O)n2C1CCCC1. The summed E-state index contributed by atoms with van der Waals surface area (Å²) in [6.45, 7) is 4.64. The van der Waals surface area contributed by atoms with E-state index in [0.29, 0.717) is 17.6 Å². The van der Waals surface area contributed by atoms with Gasteiger partial charge in [0.05, 0.1) is 17.5 Å². The van der Waals surface area contributed by atoms with Gasteiger partial charge in [0, 0.05) is 24.7 Å². The lowest BCUT2D eigenvalue weighted by Crippen LogP contribution is -2.36. The maximum absolute atomic E-state index is 12.9. The third-order valence-corrected chi connectivity index (χ3v) is 5.12. The van der Waals surface area contributed by atoms with Crippen molar-refractivity contribution in [2.45, 2.75) is 52.0 Å². The maximum Gasteiger partial charge on any atom is 0.326 e. The number of carbonyl (C=O) groups is 2. The lowest BCUT2D eigenvalue weighted by atomic mass is 10.1. The van der Waals surface area contributed by atoms with Crippen molar-refractivity contribution in [2.75, 3.05) is 13.1 Å². The van der Waals surface area contributed by atoms with Crippen molar-refractivity contribution in [3.05, 3.63) is 34.2 Å². The average molecular weight is 373 g/mol. The summed E-state index contributed by atoms with van der Waals surface area (Å²) in [6, 6.07) is 5.49. The summed E-state index contributed by atoms with van der Waals surface area (Å²) in [5, 5.41) is 8.95. The molecule has 1 aliphatic rings. The number of carboxylic acids is 1. The summed E-state index contributed by atoms with van der Waals surface area (Å²) in [6.07, 6.45) is 4.19. The largest absolute Gasteiger partial charge is 0.481 e. The maximum atomic E-state index is 12.9. The molecule has 0 radical (unpaired) electrons. The molecule has 0 spiro atoms. The Bertz CT molecular complexity index is 890. The topological polar surface area (TPSA) is 95.4 Å². The molecule has 1 amide bonds. The number of aromatic nitrogens is 2. The van der Waals surface area contributed by atoms with Gasteiger partial charge in [0.2, 0.25) is 0 Å². The van der Waals surface area contributed by atoms with Gasteiger partial charge in [-0.05, 0) is 37.0 Å². The highest BCUT2D eigenvalue weighted by Gasteiger charge is 2.23. The van der Waals surface area contributed by atoms with Gasteiger partial charge >= 0.3 is 11.7 Å². The van der Waals surface area contributed by atoms with Crippen LogP contribution in [0.25, 0.3) is 11.0 Å². The number of carboxylic acid groups (broad SMARTS) is 1. The summed E-state index contributed by atoms with van der Waals surface area (Å²) >= 11 is 0. The molecule has 0 saturated heterocycles. The Kier molecular flexibility index (Phi) is 5.68. The van der Waals surface area contributed by atoms with Gasteiger partial charge in [0.15, 0.2) is 0 Å². The lowest BCUT2D eigenvalue weighted by molar-refractivity contribution is -0.137. The van der Waals surface area contributed by atoms with E-state index in [1.165, 1.54) is 0 Å². The van der Waals surface area contributed by atoms with Gasteiger partial charge < -0.3 is 15.0 Å². The molecule has 2 aromatic rings. The van der Waals surface area contributed by atoms with E-state index in [4.69, 9.17) is 5.11 Å². The number of fused-ring (bicyclic) bond motifs is 1. The number of nitrogens with zero attached hydrogens (tertiary/aromatic N) is 2. The van der Waals surface area contributed by atoms with Crippen LogP contribution >= 0.6 is 0 Å². The van der Waals surface area contributed by atoms with Gasteiger partial charge in [-0.1, -0.05) is 26.7 Å². The number of carbonyl (C=O) groups excluding carboxylic acids is 1. The highest BCUT2D eigenvalue weighted by atomic mass is 16.4. The van der Waals surface area contributed by atoms with Crippen LogP contribution < -0.4 is 5.69 Å². The van der Waals surface area contributed by atoms with E-state index in [-0.39, 0.29) is 36.5 Å². The zero-order chi connectivity index (χ0) is 19.6. The van der Waals surface area contributed by atoms with E-state index < -0.39 is 5.97 Å². The van der Waals surface area contributed by atoms with E-state index in [1.807, 2.05) is 24.5 Å². The minimum absolute atomic E-state index is 0.0877. The van der Waals surface area contributed by atoms with Crippen molar-refractivity contribution in [1.29, 1.82) is 0 Å². The molecule has 3 rings (SSSR count). The molecule has 1 heterocycles. The molecule has 146 valence electrons. The molecule has 1 aromatic heterocycles. The van der Waals surface area contributed by atoms with Crippen LogP contribution in [0.2, 0.25) is 0 Å². The Morgan fingerprint density at radius 3 is 2.63 bits per heavy atom. The van der Waals surface area contributed by atoms with Crippen molar-refractivity contribution in [2.24, 2.45) is 5.92 Å². The summed E-state index contributed by atoms with van der Waals surface area (Å²) in [4.78, 5) is 40.7. The molecule has 2 N–H and O–H groups in total. The summed E-state index contributed by atoms with van der Waals surface area (Å²) in [7, 11) is 0. The summed E-state index contributed by atoms with van der Waals surface area (Å²) in [5.74, 6) is -0.902. The van der Waals surface area contributed by atoms with Crippen LogP contribution in [0.5, 0.6) is 0 Å². The van der Waals surface area contributed by atoms with Gasteiger partial charge in [-0.15, -0.1) is 0 Å². The molecule has 0 atom stereocenters. The first-order valence-electron chi connectivity index (χ1n) is 9.62. The Labute approximate surface area is 158 Å². The number of hydrogen-bond donors (Lipinski definition) is 2. The summed E-state index contributed by atoms with van der Waals surface area (Å²) < 4.78 is 1.81. The fourth-order valence-electron chi connectivity index (χ4n) is 3.92. The quantitative estimate of drug-likeness (QED) is 0.780. The molecule has 1 aromatic carbocycles. The van der Waals surface area contributed by atoms with Gasteiger partial charge in [0.25, 0.3) is 5.91 Å². The van der Waals surface area contributed by atoms with Crippen molar-refractivity contribution < 1.29 is 14.7 Å². The first-order valence-corrected chi connectivity index (χ1v) is 9.62.